The molecule has 1 rings (SSSR count). The molecule has 1 aromatic carbocycles. The van der Waals surface area contributed by atoms with E-state index in [9.17, 15) is 0 Å². The lowest BCUT2D eigenvalue weighted by molar-refractivity contribution is 0.321. The smallest absolute Gasteiger partial charge is 0.145 e. The molecule has 92 valence electrons. The number of ether oxygens (including phenoxy) is 1. The lowest BCUT2D eigenvalue weighted by Crippen LogP contribution is -2.15. The summed E-state index contributed by atoms with van der Waals surface area (Å²) >= 11 is 17.6. The fraction of sp³-hybridized carbons (Fsp3) is 0.231. The van der Waals surface area contributed by atoms with Gasteiger partial charge in [-0.3, -0.25) is 0 Å². The molecule has 0 N–H and O–H groups in total. The van der Waals surface area contributed by atoms with Gasteiger partial charge in [-0.15, -0.1) is 6.58 Å². The molecule has 0 saturated carbocycles. The summed E-state index contributed by atoms with van der Waals surface area (Å²) in [5.41, 5.74) is 1.01. The molecule has 0 aliphatic carbocycles. The van der Waals surface area contributed by atoms with Crippen LogP contribution in [-0.4, -0.2) is 0 Å². The van der Waals surface area contributed by atoms with Crippen LogP contribution in [0.15, 0.2) is 42.1 Å². The van der Waals surface area contributed by atoms with E-state index in [-0.39, 0.29) is 5.41 Å². The first-order valence-corrected chi connectivity index (χ1v) is 6.17. The normalized spacial score (nSPS) is 12.4. The third-order valence-corrected chi connectivity index (χ3v) is 3.09. The zero-order valence-corrected chi connectivity index (χ0v) is 11.9. The van der Waals surface area contributed by atoms with Crippen molar-refractivity contribution < 1.29 is 4.74 Å². The van der Waals surface area contributed by atoms with E-state index >= 15 is 0 Å². The summed E-state index contributed by atoms with van der Waals surface area (Å²) in [6, 6.07) is 5.02. The van der Waals surface area contributed by atoms with Crippen molar-refractivity contribution in [3.8, 4) is 5.75 Å². The van der Waals surface area contributed by atoms with E-state index in [0.717, 1.165) is 0 Å². The van der Waals surface area contributed by atoms with Gasteiger partial charge in [0.25, 0.3) is 0 Å². The predicted molar refractivity (Wildman–Crippen MR) is 75.0 cm³/mol. The molecule has 0 saturated heterocycles. The standard InChI is InChI=1S/C13H13Cl3O/c1-4-13(2,3)12(8-14)17-11-6-5-9(15)7-10(11)16/h4-8H,1H2,2-3H3. The lowest BCUT2D eigenvalue weighted by atomic mass is 9.92. The molecular formula is C13H13Cl3O. The Balaban J connectivity index is 3.01. The third-order valence-electron chi connectivity index (χ3n) is 2.36. The summed E-state index contributed by atoms with van der Waals surface area (Å²) in [7, 11) is 0. The number of rotatable bonds is 4. The first kappa shape index (κ1) is 14.4. The van der Waals surface area contributed by atoms with Crippen LogP contribution in [0.25, 0.3) is 0 Å². The summed E-state index contributed by atoms with van der Waals surface area (Å²) < 4.78 is 5.67. The monoisotopic (exact) mass is 290 g/mol. The molecule has 0 amide bonds. The Morgan fingerprint density at radius 3 is 2.47 bits per heavy atom. The van der Waals surface area contributed by atoms with Crippen LogP contribution in [0.4, 0.5) is 0 Å². The predicted octanol–water partition coefficient (Wildman–Crippen LogP) is 5.66. The van der Waals surface area contributed by atoms with Gasteiger partial charge < -0.3 is 4.74 Å². The lowest BCUT2D eigenvalue weighted by Gasteiger charge is -2.23. The molecule has 0 aromatic heterocycles. The van der Waals surface area contributed by atoms with E-state index in [1.807, 2.05) is 13.8 Å². The van der Waals surface area contributed by atoms with E-state index < -0.39 is 0 Å². The molecule has 0 aliphatic heterocycles. The highest BCUT2D eigenvalue weighted by Crippen LogP contribution is 2.34. The molecule has 0 fully saturated rings. The molecule has 0 unspecified atom stereocenters. The SMILES string of the molecule is C=CC(C)(C)C(=CCl)Oc1ccc(Cl)cc1Cl. The van der Waals surface area contributed by atoms with Crippen LogP contribution in [-0.2, 0) is 0 Å². The number of hydrogen-bond donors (Lipinski definition) is 0. The minimum absolute atomic E-state index is 0.370. The van der Waals surface area contributed by atoms with Gasteiger partial charge in [-0.05, 0) is 32.0 Å². The van der Waals surface area contributed by atoms with Crippen molar-refractivity contribution in [1.82, 2.24) is 0 Å². The third kappa shape index (κ3) is 3.67. The van der Waals surface area contributed by atoms with Gasteiger partial charge in [-0.1, -0.05) is 40.9 Å². The van der Waals surface area contributed by atoms with Crippen molar-refractivity contribution in [2.75, 3.05) is 0 Å². The maximum atomic E-state index is 6.02. The Bertz CT molecular complexity index is 450. The highest BCUT2D eigenvalue weighted by molar-refractivity contribution is 6.35. The fourth-order valence-corrected chi connectivity index (χ4v) is 1.84. The summed E-state index contributed by atoms with van der Waals surface area (Å²) in [5, 5.41) is 0.995. The van der Waals surface area contributed by atoms with Crippen LogP contribution < -0.4 is 4.74 Å². The van der Waals surface area contributed by atoms with Crippen LogP contribution in [0.1, 0.15) is 13.8 Å². The highest BCUT2D eigenvalue weighted by atomic mass is 35.5. The average Bonchev–Trinajstić information content (AvgIpc) is 2.27. The van der Waals surface area contributed by atoms with Crippen molar-refractivity contribution in [2.45, 2.75) is 13.8 Å². The molecule has 0 bridgehead atoms. The Morgan fingerprint density at radius 1 is 1.35 bits per heavy atom. The maximum Gasteiger partial charge on any atom is 0.145 e. The van der Waals surface area contributed by atoms with Gasteiger partial charge in [0.1, 0.15) is 11.5 Å². The van der Waals surface area contributed by atoms with E-state index in [2.05, 4.69) is 6.58 Å². The number of hydrogen-bond acceptors (Lipinski definition) is 1. The van der Waals surface area contributed by atoms with Gasteiger partial charge in [0.15, 0.2) is 0 Å². The second-order valence-corrected chi connectivity index (χ2v) is 5.14. The summed E-state index contributed by atoms with van der Waals surface area (Å²) in [6.45, 7) is 7.63. The summed E-state index contributed by atoms with van der Waals surface area (Å²) in [5.74, 6) is 1.08. The molecule has 1 aromatic rings. The van der Waals surface area contributed by atoms with Crippen molar-refractivity contribution in [3.63, 3.8) is 0 Å². The first-order chi connectivity index (χ1) is 7.90. The molecule has 1 nitrogen and oxygen atoms in total. The minimum atomic E-state index is -0.370. The van der Waals surface area contributed by atoms with Crippen LogP contribution in [0.2, 0.25) is 10.0 Å². The molecule has 0 atom stereocenters. The van der Waals surface area contributed by atoms with Crippen LogP contribution >= 0.6 is 34.8 Å². The Morgan fingerprint density at radius 2 is 2.00 bits per heavy atom. The number of halogens is 3. The summed E-state index contributed by atoms with van der Waals surface area (Å²) in [4.78, 5) is 0. The first-order valence-electron chi connectivity index (χ1n) is 4.98. The molecule has 0 aliphatic rings. The van der Waals surface area contributed by atoms with Crippen molar-refractivity contribution >= 4 is 34.8 Å². The summed E-state index contributed by atoms with van der Waals surface area (Å²) in [6.07, 6.45) is 1.75. The molecule has 17 heavy (non-hydrogen) atoms. The van der Waals surface area contributed by atoms with Crippen molar-refractivity contribution in [3.05, 3.63) is 52.2 Å². The van der Waals surface area contributed by atoms with Crippen molar-refractivity contribution in [2.24, 2.45) is 5.41 Å². The molecule has 0 heterocycles. The zero-order valence-electron chi connectivity index (χ0n) is 9.64. The highest BCUT2D eigenvalue weighted by Gasteiger charge is 2.22. The zero-order chi connectivity index (χ0) is 13.1. The van der Waals surface area contributed by atoms with E-state index in [1.54, 1.807) is 24.3 Å². The topological polar surface area (TPSA) is 9.23 Å². The van der Waals surface area contributed by atoms with Gasteiger partial charge in [0.05, 0.1) is 5.02 Å². The molecular weight excluding hydrogens is 279 g/mol. The Kier molecular flexibility index (Phi) is 4.93. The van der Waals surface area contributed by atoms with Gasteiger partial charge >= 0.3 is 0 Å². The largest absolute Gasteiger partial charge is 0.458 e. The Hall–Kier alpha value is -0.630. The molecule has 0 spiro atoms. The van der Waals surface area contributed by atoms with Gasteiger partial charge in [0, 0.05) is 16.0 Å². The average molecular weight is 292 g/mol. The Labute approximate surface area is 117 Å². The second-order valence-electron chi connectivity index (χ2n) is 4.08. The maximum absolute atomic E-state index is 6.02. The number of benzene rings is 1. The number of allylic oxidation sites excluding steroid dienone is 1. The van der Waals surface area contributed by atoms with Gasteiger partial charge in [0.2, 0.25) is 0 Å². The van der Waals surface area contributed by atoms with Crippen LogP contribution in [0.5, 0.6) is 5.75 Å². The second kappa shape index (κ2) is 5.81. The van der Waals surface area contributed by atoms with Gasteiger partial charge in [-0.25, -0.2) is 0 Å². The van der Waals surface area contributed by atoms with E-state index in [4.69, 9.17) is 39.5 Å². The van der Waals surface area contributed by atoms with Crippen molar-refractivity contribution in [1.29, 1.82) is 0 Å². The quantitative estimate of drug-likeness (QED) is 0.513. The van der Waals surface area contributed by atoms with E-state index in [1.165, 1.54) is 5.54 Å². The van der Waals surface area contributed by atoms with E-state index in [0.29, 0.717) is 21.6 Å². The van der Waals surface area contributed by atoms with Gasteiger partial charge in [-0.2, -0.15) is 0 Å². The fourth-order valence-electron chi connectivity index (χ4n) is 1.07. The van der Waals surface area contributed by atoms with Crippen LogP contribution in [0, 0.1) is 5.41 Å². The van der Waals surface area contributed by atoms with Crippen LogP contribution in [0.3, 0.4) is 0 Å². The molecule has 0 radical (unpaired) electrons. The minimum Gasteiger partial charge on any atom is -0.458 e. The molecule has 4 heteroatoms.